The highest BCUT2D eigenvalue weighted by Gasteiger charge is 2.30. The van der Waals surface area contributed by atoms with Gasteiger partial charge in [0.15, 0.2) is 0 Å². The van der Waals surface area contributed by atoms with E-state index in [0.29, 0.717) is 31.9 Å². The Morgan fingerprint density at radius 2 is 1.70 bits per heavy atom. The lowest BCUT2D eigenvalue weighted by Crippen LogP contribution is -2.56. The zero-order chi connectivity index (χ0) is 19.6. The van der Waals surface area contributed by atoms with Crippen LogP contribution in [0.15, 0.2) is 30.3 Å². The number of piperazine rings is 1. The number of benzene rings is 1. The molecule has 0 atom stereocenters. The molecule has 0 radical (unpaired) electrons. The standard InChI is InChI=1S/C20H26N4O3/c1-4-20(2,3)22-17(25)19(27)24-11-9-23(10-12-24)18(26)16-13-14-7-5-6-8-15(14)21-16/h5-8,13,21H,4,9-12H2,1-3H3,(H,22,25). The van der Waals surface area contributed by atoms with E-state index in [0.717, 1.165) is 17.3 Å². The van der Waals surface area contributed by atoms with E-state index in [9.17, 15) is 14.4 Å². The normalized spacial score (nSPS) is 15.1. The van der Waals surface area contributed by atoms with Gasteiger partial charge in [-0.3, -0.25) is 14.4 Å². The van der Waals surface area contributed by atoms with E-state index in [1.807, 2.05) is 51.1 Å². The quantitative estimate of drug-likeness (QED) is 0.808. The van der Waals surface area contributed by atoms with E-state index in [4.69, 9.17) is 0 Å². The highest BCUT2D eigenvalue weighted by atomic mass is 16.2. The maximum atomic E-state index is 12.7. The average Bonchev–Trinajstić information content (AvgIpc) is 3.11. The van der Waals surface area contributed by atoms with Crippen LogP contribution in [0.3, 0.4) is 0 Å². The van der Waals surface area contributed by atoms with Crippen molar-refractivity contribution in [1.29, 1.82) is 0 Å². The van der Waals surface area contributed by atoms with Crippen molar-refractivity contribution in [2.24, 2.45) is 0 Å². The van der Waals surface area contributed by atoms with Crippen LogP contribution in [0.2, 0.25) is 0 Å². The van der Waals surface area contributed by atoms with Gasteiger partial charge in [-0.2, -0.15) is 0 Å². The Bertz CT molecular complexity index is 830. The van der Waals surface area contributed by atoms with E-state index in [1.165, 1.54) is 4.90 Å². The van der Waals surface area contributed by atoms with Crippen molar-refractivity contribution in [2.75, 3.05) is 26.2 Å². The van der Waals surface area contributed by atoms with Crippen molar-refractivity contribution in [3.05, 3.63) is 36.0 Å². The van der Waals surface area contributed by atoms with E-state index < -0.39 is 17.4 Å². The molecule has 1 aromatic carbocycles. The largest absolute Gasteiger partial charge is 0.351 e. The topological polar surface area (TPSA) is 85.5 Å². The third kappa shape index (κ3) is 4.13. The summed E-state index contributed by atoms with van der Waals surface area (Å²) in [5.41, 5.74) is 1.04. The number of nitrogens with zero attached hydrogens (tertiary/aromatic N) is 2. The van der Waals surface area contributed by atoms with Gasteiger partial charge in [0.2, 0.25) is 0 Å². The van der Waals surface area contributed by atoms with E-state index in [2.05, 4.69) is 10.3 Å². The molecule has 0 bridgehead atoms. The summed E-state index contributed by atoms with van der Waals surface area (Å²) in [6.07, 6.45) is 0.735. The summed E-state index contributed by atoms with van der Waals surface area (Å²) in [5, 5.41) is 3.75. The minimum atomic E-state index is -0.586. The second-order valence-electron chi connectivity index (χ2n) is 7.55. The van der Waals surface area contributed by atoms with Crippen LogP contribution in [0.1, 0.15) is 37.7 Å². The summed E-state index contributed by atoms with van der Waals surface area (Å²) in [4.78, 5) is 43.6. The highest BCUT2D eigenvalue weighted by Crippen LogP contribution is 2.17. The van der Waals surface area contributed by atoms with Gasteiger partial charge in [0.25, 0.3) is 5.91 Å². The minimum absolute atomic E-state index is 0.0881. The van der Waals surface area contributed by atoms with Crippen molar-refractivity contribution >= 4 is 28.6 Å². The molecule has 7 nitrogen and oxygen atoms in total. The van der Waals surface area contributed by atoms with Gasteiger partial charge < -0.3 is 20.1 Å². The molecule has 1 aliphatic heterocycles. The molecule has 1 saturated heterocycles. The Kier molecular flexibility index (Phi) is 5.21. The monoisotopic (exact) mass is 370 g/mol. The van der Waals surface area contributed by atoms with E-state index in [-0.39, 0.29) is 5.91 Å². The van der Waals surface area contributed by atoms with Gasteiger partial charge in [-0.15, -0.1) is 0 Å². The second-order valence-corrected chi connectivity index (χ2v) is 7.55. The first-order valence-electron chi connectivity index (χ1n) is 9.29. The summed E-state index contributed by atoms with van der Waals surface area (Å²) in [5.74, 6) is -1.21. The van der Waals surface area contributed by atoms with Gasteiger partial charge in [0, 0.05) is 42.6 Å². The zero-order valence-corrected chi connectivity index (χ0v) is 16.0. The fourth-order valence-electron chi connectivity index (χ4n) is 3.06. The molecule has 3 rings (SSSR count). The number of hydrogen-bond acceptors (Lipinski definition) is 3. The molecule has 7 heteroatoms. The number of fused-ring (bicyclic) bond motifs is 1. The molecule has 2 N–H and O–H groups in total. The van der Waals surface area contributed by atoms with Crippen LogP contribution in [0.5, 0.6) is 0 Å². The van der Waals surface area contributed by atoms with Crippen LogP contribution in [-0.2, 0) is 9.59 Å². The predicted octanol–water partition coefficient (Wildman–Crippen LogP) is 1.76. The number of aromatic amines is 1. The Hall–Kier alpha value is -2.83. The Morgan fingerprint density at radius 3 is 2.33 bits per heavy atom. The summed E-state index contributed by atoms with van der Waals surface area (Å²) < 4.78 is 0. The number of H-pyrrole nitrogens is 1. The number of carbonyl (C=O) groups excluding carboxylic acids is 3. The lowest BCUT2D eigenvalue weighted by molar-refractivity contribution is -0.147. The number of para-hydroxylation sites is 1. The average molecular weight is 370 g/mol. The smallest absolute Gasteiger partial charge is 0.312 e. The van der Waals surface area contributed by atoms with Gasteiger partial charge in [0.05, 0.1) is 0 Å². The fourth-order valence-corrected chi connectivity index (χ4v) is 3.06. The number of aromatic nitrogens is 1. The summed E-state index contributed by atoms with van der Waals surface area (Å²) in [7, 11) is 0. The molecular formula is C20H26N4O3. The maximum Gasteiger partial charge on any atom is 0.312 e. The number of rotatable bonds is 3. The van der Waals surface area contributed by atoms with Crippen molar-refractivity contribution in [3.8, 4) is 0 Å². The summed E-state index contributed by atoms with van der Waals surface area (Å²) in [6.45, 7) is 7.24. The number of nitrogens with one attached hydrogen (secondary N) is 2. The third-order valence-corrected chi connectivity index (χ3v) is 5.14. The molecule has 3 amide bonds. The molecule has 1 aromatic heterocycles. The molecule has 0 aliphatic carbocycles. The van der Waals surface area contributed by atoms with Crippen molar-refractivity contribution < 1.29 is 14.4 Å². The molecular weight excluding hydrogens is 344 g/mol. The Labute approximate surface area is 158 Å². The van der Waals surface area contributed by atoms with E-state index >= 15 is 0 Å². The van der Waals surface area contributed by atoms with Crippen molar-refractivity contribution in [1.82, 2.24) is 20.1 Å². The molecule has 0 spiro atoms. The van der Waals surface area contributed by atoms with Crippen LogP contribution in [0, 0.1) is 0 Å². The van der Waals surface area contributed by atoms with Gasteiger partial charge in [-0.05, 0) is 32.4 Å². The molecule has 2 heterocycles. The first-order valence-corrected chi connectivity index (χ1v) is 9.29. The molecule has 1 fully saturated rings. The Morgan fingerprint density at radius 1 is 1.07 bits per heavy atom. The van der Waals surface area contributed by atoms with Crippen LogP contribution in [0.4, 0.5) is 0 Å². The van der Waals surface area contributed by atoms with Gasteiger partial charge in [0.1, 0.15) is 5.69 Å². The number of hydrogen-bond donors (Lipinski definition) is 2. The minimum Gasteiger partial charge on any atom is -0.351 e. The van der Waals surface area contributed by atoms with Crippen LogP contribution in [0.25, 0.3) is 10.9 Å². The van der Waals surface area contributed by atoms with Gasteiger partial charge in [-0.25, -0.2) is 0 Å². The molecule has 0 unspecified atom stereocenters. The van der Waals surface area contributed by atoms with Gasteiger partial charge >= 0.3 is 11.8 Å². The molecule has 1 aliphatic rings. The maximum absolute atomic E-state index is 12.7. The summed E-state index contributed by atoms with van der Waals surface area (Å²) in [6, 6.07) is 9.58. The first-order chi connectivity index (χ1) is 12.8. The molecule has 144 valence electrons. The van der Waals surface area contributed by atoms with Crippen molar-refractivity contribution in [2.45, 2.75) is 32.7 Å². The molecule has 0 saturated carbocycles. The predicted molar refractivity (Wildman–Crippen MR) is 103 cm³/mol. The first kappa shape index (κ1) is 18.9. The Balaban J connectivity index is 1.59. The third-order valence-electron chi connectivity index (χ3n) is 5.14. The van der Waals surface area contributed by atoms with E-state index in [1.54, 1.807) is 4.90 Å². The van der Waals surface area contributed by atoms with Crippen molar-refractivity contribution in [3.63, 3.8) is 0 Å². The molecule has 27 heavy (non-hydrogen) atoms. The summed E-state index contributed by atoms with van der Waals surface area (Å²) >= 11 is 0. The number of carbonyl (C=O) groups is 3. The highest BCUT2D eigenvalue weighted by molar-refractivity contribution is 6.35. The molecule has 2 aromatic rings. The van der Waals surface area contributed by atoms with Crippen LogP contribution in [-0.4, -0.2) is 64.2 Å². The number of amides is 3. The van der Waals surface area contributed by atoms with Crippen LogP contribution >= 0.6 is 0 Å². The lowest BCUT2D eigenvalue weighted by atomic mass is 10.0. The van der Waals surface area contributed by atoms with Crippen LogP contribution < -0.4 is 5.32 Å². The SMILES string of the molecule is CCC(C)(C)NC(=O)C(=O)N1CCN(C(=O)c2cc3ccccc3[nH]2)CC1. The lowest BCUT2D eigenvalue weighted by Gasteiger charge is -2.35. The zero-order valence-electron chi connectivity index (χ0n) is 16.0. The second kappa shape index (κ2) is 7.42. The van der Waals surface area contributed by atoms with Gasteiger partial charge in [-0.1, -0.05) is 25.1 Å². The fraction of sp³-hybridized carbons (Fsp3) is 0.450.